The van der Waals surface area contributed by atoms with Gasteiger partial charge in [0.2, 0.25) is 0 Å². The molecule has 0 bridgehead atoms. The van der Waals surface area contributed by atoms with Crippen LogP contribution in [0.4, 0.5) is 0 Å². The zero-order valence-electron chi connectivity index (χ0n) is 13.4. The maximum absolute atomic E-state index is 12.2. The average molecular weight is 321 g/mol. The van der Waals surface area contributed by atoms with Gasteiger partial charge in [0, 0.05) is 12.7 Å². The lowest BCUT2D eigenvalue weighted by molar-refractivity contribution is 0.0916. The van der Waals surface area contributed by atoms with Crippen LogP contribution in [0.25, 0.3) is 5.69 Å². The Hall–Kier alpha value is -2.92. The van der Waals surface area contributed by atoms with Crippen molar-refractivity contribution >= 4 is 5.91 Å². The maximum Gasteiger partial charge on any atom is 0.254 e. The van der Waals surface area contributed by atoms with E-state index in [4.69, 9.17) is 0 Å². The molecule has 1 atom stereocenters. The van der Waals surface area contributed by atoms with E-state index < -0.39 is 6.10 Å². The highest BCUT2D eigenvalue weighted by atomic mass is 16.3. The summed E-state index contributed by atoms with van der Waals surface area (Å²) >= 11 is 0. The van der Waals surface area contributed by atoms with Crippen LogP contribution in [-0.2, 0) is 0 Å². The lowest BCUT2D eigenvalue weighted by Gasteiger charge is -2.14. The van der Waals surface area contributed by atoms with Crippen molar-refractivity contribution < 1.29 is 9.90 Å². The van der Waals surface area contributed by atoms with Crippen LogP contribution in [0.15, 0.2) is 67.0 Å². The summed E-state index contributed by atoms with van der Waals surface area (Å²) in [5.41, 5.74) is 3.15. The standard InChI is InChI=1S/C19H19N3O2/c1-14-7-5-6-10-17(14)18(23)12-20-19(24)15-11-21-22(13-15)16-8-3-2-4-9-16/h2-11,13,18,23H,12H2,1H3,(H,20,24). The summed E-state index contributed by atoms with van der Waals surface area (Å²) in [7, 11) is 0. The van der Waals surface area contributed by atoms with Crippen LogP contribution < -0.4 is 5.32 Å². The van der Waals surface area contributed by atoms with Crippen molar-refractivity contribution in [1.29, 1.82) is 0 Å². The van der Waals surface area contributed by atoms with E-state index in [9.17, 15) is 9.90 Å². The van der Waals surface area contributed by atoms with Crippen LogP contribution in [0.5, 0.6) is 0 Å². The molecule has 0 saturated carbocycles. The van der Waals surface area contributed by atoms with Crippen molar-refractivity contribution in [3.8, 4) is 5.69 Å². The summed E-state index contributed by atoms with van der Waals surface area (Å²) < 4.78 is 1.65. The number of nitrogens with one attached hydrogen (secondary N) is 1. The molecular weight excluding hydrogens is 302 g/mol. The molecule has 5 nitrogen and oxygen atoms in total. The lowest BCUT2D eigenvalue weighted by atomic mass is 10.0. The number of carbonyl (C=O) groups excluding carboxylic acids is 1. The van der Waals surface area contributed by atoms with Gasteiger partial charge in [-0.3, -0.25) is 4.79 Å². The molecule has 0 saturated heterocycles. The number of aryl methyl sites for hydroxylation is 1. The number of para-hydroxylation sites is 1. The fourth-order valence-corrected chi connectivity index (χ4v) is 2.52. The van der Waals surface area contributed by atoms with E-state index in [-0.39, 0.29) is 12.5 Å². The SMILES string of the molecule is Cc1ccccc1C(O)CNC(=O)c1cnn(-c2ccccc2)c1. The molecule has 0 aliphatic carbocycles. The first-order valence-corrected chi connectivity index (χ1v) is 7.77. The molecule has 0 aliphatic rings. The predicted octanol–water partition coefficient (Wildman–Crippen LogP) is 2.64. The van der Waals surface area contributed by atoms with Crippen LogP contribution in [0.3, 0.4) is 0 Å². The van der Waals surface area contributed by atoms with Crippen LogP contribution in [-0.4, -0.2) is 27.3 Å². The molecule has 24 heavy (non-hydrogen) atoms. The van der Waals surface area contributed by atoms with Crippen LogP contribution in [0.2, 0.25) is 0 Å². The van der Waals surface area contributed by atoms with Gasteiger partial charge in [-0.25, -0.2) is 4.68 Å². The molecule has 0 aliphatic heterocycles. The van der Waals surface area contributed by atoms with E-state index in [2.05, 4.69) is 10.4 Å². The van der Waals surface area contributed by atoms with Crippen LogP contribution in [0, 0.1) is 6.92 Å². The highest BCUT2D eigenvalue weighted by Crippen LogP contribution is 2.16. The van der Waals surface area contributed by atoms with Gasteiger partial charge < -0.3 is 10.4 Å². The lowest BCUT2D eigenvalue weighted by Crippen LogP contribution is -2.28. The van der Waals surface area contributed by atoms with E-state index in [0.29, 0.717) is 5.56 Å². The summed E-state index contributed by atoms with van der Waals surface area (Å²) in [5, 5.41) is 17.2. The third kappa shape index (κ3) is 3.52. The molecular formula is C19H19N3O2. The molecule has 0 fully saturated rings. The first-order chi connectivity index (χ1) is 11.6. The molecule has 1 unspecified atom stereocenters. The smallest absolute Gasteiger partial charge is 0.254 e. The Kier molecular flexibility index (Phi) is 4.72. The molecule has 1 aromatic heterocycles. The van der Waals surface area contributed by atoms with Crippen LogP contribution >= 0.6 is 0 Å². The second kappa shape index (κ2) is 7.10. The maximum atomic E-state index is 12.2. The Labute approximate surface area is 140 Å². The number of aliphatic hydroxyl groups is 1. The second-order valence-corrected chi connectivity index (χ2v) is 5.59. The highest BCUT2D eigenvalue weighted by Gasteiger charge is 2.14. The summed E-state index contributed by atoms with van der Waals surface area (Å²) in [6, 6.07) is 17.2. The summed E-state index contributed by atoms with van der Waals surface area (Å²) in [6.45, 7) is 2.09. The largest absolute Gasteiger partial charge is 0.387 e. The molecule has 3 aromatic rings. The number of aromatic nitrogens is 2. The average Bonchev–Trinajstić information content (AvgIpc) is 3.11. The Balaban J connectivity index is 1.64. The molecule has 5 heteroatoms. The molecule has 1 amide bonds. The van der Waals surface area contributed by atoms with E-state index in [1.54, 1.807) is 10.9 Å². The number of benzene rings is 2. The van der Waals surface area contributed by atoms with Crippen molar-refractivity contribution in [2.24, 2.45) is 0 Å². The van der Waals surface area contributed by atoms with Crippen molar-refractivity contribution in [2.45, 2.75) is 13.0 Å². The van der Waals surface area contributed by atoms with E-state index >= 15 is 0 Å². The topological polar surface area (TPSA) is 67.2 Å². The molecule has 3 rings (SSSR count). The van der Waals surface area contributed by atoms with Gasteiger partial charge >= 0.3 is 0 Å². The predicted molar refractivity (Wildman–Crippen MR) is 92.0 cm³/mol. The monoisotopic (exact) mass is 321 g/mol. The summed E-state index contributed by atoms with van der Waals surface area (Å²) in [6.07, 6.45) is 2.45. The van der Waals surface area contributed by atoms with Crippen LogP contribution in [0.1, 0.15) is 27.6 Å². The number of hydrogen-bond acceptors (Lipinski definition) is 3. The first-order valence-electron chi connectivity index (χ1n) is 7.77. The fourth-order valence-electron chi connectivity index (χ4n) is 2.52. The third-order valence-corrected chi connectivity index (χ3v) is 3.87. The molecule has 0 radical (unpaired) electrons. The zero-order chi connectivity index (χ0) is 16.9. The Morgan fingerprint density at radius 1 is 1.17 bits per heavy atom. The number of carbonyl (C=O) groups is 1. The van der Waals surface area contributed by atoms with Gasteiger partial charge in [-0.15, -0.1) is 0 Å². The van der Waals surface area contributed by atoms with Gasteiger partial charge in [0.05, 0.1) is 23.6 Å². The van der Waals surface area contributed by atoms with Gasteiger partial charge in [0.15, 0.2) is 0 Å². The Morgan fingerprint density at radius 2 is 1.88 bits per heavy atom. The summed E-state index contributed by atoms with van der Waals surface area (Å²) in [4.78, 5) is 12.2. The molecule has 0 spiro atoms. The number of hydrogen-bond donors (Lipinski definition) is 2. The van der Waals surface area contributed by atoms with Gasteiger partial charge in [-0.05, 0) is 30.2 Å². The Bertz CT molecular complexity index is 827. The number of amides is 1. The van der Waals surface area contributed by atoms with E-state index in [0.717, 1.165) is 16.8 Å². The van der Waals surface area contributed by atoms with E-state index in [1.165, 1.54) is 6.20 Å². The number of aliphatic hydroxyl groups excluding tert-OH is 1. The summed E-state index contributed by atoms with van der Waals surface area (Å²) in [5.74, 6) is -0.259. The number of rotatable bonds is 5. The molecule has 122 valence electrons. The van der Waals surface area contributed by atoms with Crippen molar-refractivity contribution in [3.05, 3.63) is 83.7 Å². The molecule has 2 aromatic carbocycles. The van der Waals surface area contributed by atoms with Gasteiger partial charge in [0.25, 0.3) is 5.91 Å². The third-order valence-electron chi connectivity index (χ3n) is 3.87. The number of nitrogens with zero attached hydrogens (tertiary/aromatic N) is 2. The first kappa shape index (κ1) is 16.0. The van der Waals surface area contributed by atoms with Crippen molar-refractivity contribution in [2.75, 3.05) is 6.54 Å². The minimum absolute atomic E-state index is 0.153. The van der Waals surface area contributed by atoms with Gasteiger partial charge in [-0.1, -0.05) is 42.5 Å². The van der Waals surface area contributed by atoms with E-state index in [1.807, 2.05) is 61.5 Å². The normalized spacial score (nSPS) is 11.9. The highest BCUT2D eigenvalue weighted by molar-refractivity contribution is 5.93. The molecule has 1 heterocycles. The second-order valence-electron chi connectivity index (χ2n) is 5.59. The van der Waals surface area contributed by atoms with Gasteiger partial charge in [-0.2, -0.15) is 5.10 Å². The van der Waals surface area contributed by atoms with Gasteiger partial charge in [0.1, 0.15) is 0 Å². The fraction of sp³-hybridized carbons (Fsp3) is 0.158. The quantitative estimate of drug-likeness (QED) is 0.759. The minimum atomic E-state index is -0.737. The van der Waals surface area contributed by atoms with Crippen molar-refractivity contribution in [1.82, 2.24) is 15.1 Å². The minimum Gasteiger partial charge on any atom is -0.387 e. The zero-order valence-corrected chi connectivity index (χ0v) is 13.4. The molecule has 2 N–H and O–H groups in total. The van der Waals surface area contributed by atoms with Crippen molar-refractivity contribution in [3.63, 3.8) is 0 Å². The Morgan fingerprint density at radius 3 is 2.62 bits per heavy atom.